The molecule has 0 N–H and O–H groups in total. The van der Waals surface area contributed by atoms with E-state index in [2.05, 4.69) is 18.2 Å². The van der Waals surface area contributed by atoms with Gasteiger partial charge in [-0.3, -0.25) is 9.59 Å². The van der Waals surface area contributed by atoms with Crippen LogP contribution >= 0.6 is 0 Å². The summed E-state index contributed by atoms with van der Waals surface area (Å²) in [5.74, 6) is 0.375. The minimum Gasteiger partial charge on any atom is -0.339 e. The summed E-state index contributed by atoms with van der Waals surface area (Å²) in [5.41, 5.74) is 3.45. The van der Waals surface area contributed by atoms with Gasteiger partial charge in [-0.15, -0.1) is 0 Å². The van der Waals surface area contributed by atoms with Gasteiger partial charge in [0.05, 0.1) is 6.42 Å². The SMILES string of the molecule is CCCC(=O)N1CCN(C(=O)Cc2cc(C)ccc2C)CC1. The van der Waals surface area contributed by atoms with E-state index in [0.29, 0.717) is 39.0 Å². The molecule has 4 heteroatoms. The van der Waals surface area contributed by atoms with Crippen molar-refractivity contribution in [3.8, 4) is 0 Å². The first kappa shape index (κ1) is 16.5. The predicted molar refractivity (Wildman–Crippen MR) is 87.7 cm³/mol. The second kappa shape index (κ2) is 7.43. The van der Waals surface area contributed by atoms with Crippen molar-refractivity contribution in [1.29, 1.82) is 0 Å². The summed E-state index contributed by atoms with van der Waals surface area (Å²) in [6.45, 7) is 8.74. The number of nitrogens with zero attached hydrogens (tertiary/aromatic N) is 2. The standard InChI is InChI=1S/C18H26N2O2/c1-4-5-17(21)19-8-10-20(11-9-19)18(22)13-16-12-14(2)6-7-15(16)3/h6-7,12H,4-5,8-11,13H2,1-3H3. The summed E-state index contributed by atoms with van der Waals surface area (Å²) in [7, 11) is 0. The molecule has 1 aliphatic heterocycles. The Balaban J connectivity index is 1.90. The number of hydrogen-bond donors (Lipinski definition) is 0. The van der Waals surface area contributed by atoms with E-state index in [1.54, 1.807) is 0 Å². The average Bonchev–Trinajstić information content (AvgIpc) is 2.51. The Labute approximate surface area is 133 Å². The van der Waals surface area contributed by atoms with Gasteiger partial charge in [0, 0.05) is 32.6 Å². The van der Waals surface area contributed by atoms with Crippen molar-refractivity contribution in [3.63, 3.8) is 0 Å². The summed E-state index contributed by atoms with van der Waals surface area (Å²) in [6, 6.07) is 6.23. The fourth-order valence-electron chi connectivity index (χ4n) is 2.84. The summed E-state index contributed by atoms with van der Waals surface area (Å²) in [5, 5.41) is 0. The number of rotatable bonds is 4. The molecule has 1 aliphatic rings. The monoisotopic (exact) mass is 302 g/mol. The van der Waals surface area contributed by atoms with Crippen LogP contribution in [0.3, 0.4) is 0 Å². The van der Waals surface area contributed by atoms with Gasteiger partial charge in [-0.05, 0) is 31.4 Å². The first-order valence-corrected chi connectivity index (χ1v) is 8.13. The van der Waals surface area contributed by atoms with Crippen molar-refractivity contribution in [2.24, 2.45) is 0 Å². The number of hydrogen-bond acceptors (Lipinski definition) is 2. The van der Waals surface area contributed by atoms with E-state index in [0.717, 1.165) is 17.5 Å². The van der Waals surface area contributed by atoms with Crippen LogP contribution in [0.5, 0.6) is 0 Å². The molecule has 1 heterocycles. The molecule has 22 heavy (non-hydrogen) atoms. The largest absolute Gasteiger partial charge is 0.339 e. The first-order chi connectivity index (χ1) is 10.5. The molecule has 1 fully saturated rings. The highest BCUT2D eigenvalue weighted by molar-refractivity contribution is 5.80. The van der Waals surface area contributed by atoms with Gasteiger partial charge in [0.15, 0.2) is 0 Å². The van der Waals surface area contributed by atoms with Crippen molar-refractivity contribution in [1.82, 2.24) is 9.80 Å². The van der Waals surface area contributed by atoms with E-state index < -0.39 is 0 Å². The van der Waals surface area contributed by atoms with E-state index in [1.807, 2.05) is 30.6 Å². The van der Waals surface area contributed by atoms with Crippen LogP contribution in [0.15, 0.2) is 18.2 Å². The van der Waals surface area contributed by atoms with E-state index in [4.69, 9.17) is 0 Å². The van der Waals surface area contributed by atoms with Crippen molar-refractivity contribution >= 4 is 11.8 Å². The van der Waals surface area contributed by atoms with Crippen molar-refractivity contribution < 1.29 is 9.59 Å². The minimum atomic E-state index is 0.163. The predicted octanol–water partition coefficient (Wildman–Crippen LogP) is 2.32. The van der Waals surface area contributed by atoms with Crippen LogP contribution in [-0.4, -0.2) is 47.8 Å². The van der Waals surface area contributed by atoms with Crippen molar-refractivity contribution in [2.75, 3.05) is 26.2 Å². The molecule has 1 aromatic rings. The molecule has 0 radical (unpaired) electrons. The number of aryl methyl sites for hydroxylation is 2. The van der Waals surface area contributed by atoms with Crippen molar-refractivity contribution in [3.05, 3.63) is 34.9 Å². The van der Waals surface area contributed by atoms with Gasteiger partial charge < -0.3 is 9.80 Å². The lowest BCUT2D eigenvalue weighted by atomic mass is 10.0. The smallest absolute Gasteiger partial charge is 0.227 e. The van der Waals surface area contributed by atoms with Crippen molar-refractivity contribution in [2.45, 2.75) is 40.0 Å². The van der Waals surface area contributed by atoms with Crippen LogP contribution in [0, 0.1) is 13.8 Å². The maximum absolute atomic E-state index is 12.5. The average molecular weight is 302 g/mol. The summed E-state index contributed by atoms with van der Waals surface area (Å²) < 4.78 is 0. The highest BCUT2D eigenvalue weighted by Gasteiger charge is 2.23. The maximum atomic E-state index is 12.5. The maximum Gasteiger partial charge on any atom is 0.227 e. The lowest BCUT2D eigenvalue weighted by molar-refractivity contribution is -0.139. The molecule has 120 valence electrons. The fraction of sp³-hybridized carbons (Fsp3) is 0.556. The van der Waals surface area contributed by atoms with Gasteiger partial charge in [0.1, 0.15) is 0 Å². The highest BCUT2D eigenvalue weighted by Crippen LogP contribution is 2.14. The number of carbonyl (C=O) groups excluding carboxylic acids is 2. The zero-order valence-electron chi connectivity index (χ0n) is 13.9. The lowest BCUT2D eigenvalue weighted by Crippen LogP contribution is -2.50. The molecule has 1 aromatic carbocycles. The molecule has 2 rings (SSSR count). The van der Waals surface area contributed by atoms with Gasteiger partial charge in [-0.1, -0.05) is 30.7 Å². The molecule has 0 bridgehead atoms. The molecule has 0 aliphatic carbocycles. The molecule has 0 spiro atoms. The molecule has 0 saturated carbocycles. The quantitative estimate of drug-likeness (QED) is 0.856. The molecule has 0 aromatic heterocycles. The molecular formula is C18H26N2O2. The van der Waals surface area contributed by atoms with Crippen LogP contribution in [0.1, 0.15) is 36.5 Å². The Morgan fingerprint density at radius 1 is 1.00 bits per heavy atom. The molecule has 4 nitrogen and oxygen atoms in total. The van der Waals surface area contributed by atoms with E-state index in [1.165, 1.54) is 5.56 Å². The molecule has 1 saturated heterocycles. The Bertz CT molecular complexity index is 546. The van der Waals surface area contributed by atoms with Gasteiger partial charge in [0.25, 0.3) is 0 Å². The Morgan fingerprint density at radius 2 is 1.59 bits per heavy atom. The second-order valence-electron chi connectivity index (χ2n) is 6.12. The molecule has 2 amide bonds. The first-order valence-electron chi connectivity index (χ1n) is 8.13. The van der Waals surface area contributed by atoms with Crippen LogP contribution in [0.4, 0.5) is 0 Å². The van der Waals surface area contributed by atoms with E-state index in [-0.39, 0.29) is 11.8 Å². The fourth-order valence-corrected chi connectivity index (χ4v) is 2.84. The van der Waals surface area contributed by atoms with Crippen LogP contribution in [0.2, 0.25) is 0 Å². The molecule has 0 unspecified atom stereocenters. The van der Waals surface area contributed by atoms with Crippen LogP contribution in [0.25, 0.3) is 0 Å². The Hall–Kier alpha value is -1.84. The van der Waals surface area contributed by atoms with E-state index in [9.17, 15) is 9.59 Å². The third-order valence-corrected chi connectivity index (χ3v) is 4.30. The number of benzene rings is 1. The summed E-state index contributed by atoms with van der Waals surface area (Å²) in [6.07, 6.45) is 1.94. The summed E-state index contributed by atoms with van der Waals surface area (Å²) >= 11 is 0. The van der Waals surface area contributed by atoms with Gasteiger partial charge >= 0.3 is 0 Å². The topological polar surface area (TPSA) is 40.6 Å². The summed E-state index contributed by atoms with van der Waals surface area (Å²) in [4.78, 5) is 28.1. The Morgan fingerprint density at radius 3 is 2.18 bits per heavy atom. The van der Waals surface area contributed by atoms with Gasteiger partial charge in [-0.25, -0.2) is 0 Å². The molecular weight excluding hydrogens is 276 g/mol. The number of carbonyl (C=O) groups is 2. The lowest BCUT2D eigenvalue weighted by Gasteiger charge is -2.35. The normalized spacial score (nSPS) is 15.0. The number of piperazine rings is 1. The zero-order valence-corrected chi connectivity index (χ0v) is 13.9. The van der Waals surface area contributed by atoms with E-state index >= 15 is 0 Å². The highest BCUT2D eigenvalue weighted by atomic mass is 16.2. The second-order valence-corrected chi connectivity index (χ2v) is 6.12. The minimum absolute atomic E-state index is 0.163. The Kier molecular flexibility index (Phi) is 5.58. The van der Waals surface area contributed by atoms with Gasteiger partial charge in [-0.2, -0.15) is 0 Å². The third-order valence-electron chi connectivity index (χ3n) is 4.30. The zero-order chi connectivity index (χ0) is 16.1. The van der Waals surface area contributed by atoms with Gasteiger partial charge in [0.2, 0.25) is 11.8 Å². The van der Waals surface area contributed by atoms with Crippen LogP contribution in [-0.2, 0) is 16.0 Å². The van der Waals surface area contributed by atoms with Crippen LogP contribution < -0.4 is 0 Å². The molecule has 0 atom stereocenters. The number of amides is 2. The third kappa shape index (κ3) is 4.09.